The van der Waals surface area contributed by atoms with Crippen LogP contribution >= 0.6 is 0 Å². The van der Waals surface area contributed by atoms with Crippen LogP contribution in [-0.4, -0.2) is 25.9 Å². The molecule has 1 aliphatic carbocycles. The second-order valence-corrected chi connectivity index (χ2v) is 10.4. The Hall–Kier alpha value is -2.12. The average Bonchev–Trinajstić information content (AvgIpc) is 3.36. The average molecular weight is 431 g/mol. The number of hydrogen-bond donors (Lipinski definition) is 1. The van der Waals surface area contributed by atoms with E-state index >= 15 is 0 Å². The lowest BCUT2D eigenvalue weighted by atomic mass is 9.87. The van der Waals surface area contributed by atoms with Crippen LogP contribution in [0.2, 0.25) is 0 Å². The van der Waals surface area contributed by atoms with Crippen molar-refractivity contribution in [2.75, 3.05) is 12.5 Å². The first-order valence-corrected chi connectivity index (χ1v) is 12.4. The van der Waals surface area contributed by atoms with E-state index in [2.05, 4.69) is 24.0 Å². The van der Waals surface area contributed by atoms with E-state index in [-0.39, 0.29) is 5.75 Å². The van der Waals surface area contributed by atoms with Gasteiger partial charge >= 0.3 is 0 Å². The zero-order valence-corrected chi connectivity index (χ0v) is 18.2. The van der Waals surface area contributed by atoms with Gasteiger partial charge in [0.25, 0.3) is 0 Å². The number of benzene rings is 1. The summed E-state index contributed by atoms with van der Waals surface area (Å²) in [7, 11) is -3.40. The summed E-state index contributed by atoms with van der Waals surface area (Å²) in [6.45, 7) is 2.60. The summed E-state index contributed by atoms with van der Waals surface area (Å²) >= 11 is 0. The number of nitrogens with two attached hydrogens (primary N) is 1. The highest BCUT2D eigenvalue weighted by atomic mass is 32.2. The molecular weight excluding hydrogens is 400 g/mol. The van der Waals surface area contributed by atoms with Crippen molar-refractivity contribution in [2.24, 2.45) is 11.1 Å². The molecule has 2 aliphatic rings. The van der Waals surface area contributed by atoms with Gasteiger partial charge in [-0.15, -0.1) is 0 Å². The first-order chi connectivity index (χ1) is 14.4. The van der Waals surface area contributed by atoms with E-state index in [1.165, 1.54) is 30.4 Å². The highest BCUT2D eigenvalue weighted by Gasteiger charge is 2.29. The zero-order chi connectivity index (χ0) is 21.1. The van der Waals surface area contributed by atoms with Crippen LogP contribution in [0.15, 0.2) is 36.5 Å². The molecule has 7 heteroatoms. The van der Waals surface area contributed by atoms with Crippen molar-refractivity contribution < 1.29 is 17.9 Å². The van der Waals surface area contributed by atoms with Crippen LogP contribution in [0.3, 0.4) is 0 Å². The minimum absolute atomic E-state index is 0.000702. The van der Waals surface area contributed by atoms with E-state index in [1.807, 2.05) is 24.4 Å². The fourth-order valence-corrected chi connectivity index (χ4v) is 5.39. The van der Waals surface area contributed by atoms with Crippen LogP contribution in [0.25, 0.3) is 0 Å². The molecule has 0 spiro atoms. The number of hydrogen-bond acceptors (Lipinski definition) is 5. The van der Waals surface area contributed by atoms with Crippen molar-refractivity contribution in [3.63, 3.8) is 0 Å². The van der Waals surface area contributed by atoms with Crippen molar-refractivity contribution in [1.82, 2.24) is 4.98 Å². The summed E-state index contributed by atoms with van der Waals surface area (Å²) in [5, 5.41) is 5.06. The van der Waals surface area contributed by atoms with Gasteiger partial charge in [0.15, 0.2) is 11.5 Å². The predicted molar refractivity (Wildman–Crippen MR) is 116 cm³/mol. The molecule has 0 bridgehead atoms. The molecule has 30 heavy (non-hydrogen) atoms. The topological polar surface area (TPSA) is 91.5 Å². The number of aryl methyl sites for hydroxylation is 1. The Balaban J connectivity index is 1.31. The molecule has 1 saturated carbocycles. The van der Waals surface area contributed by atoms with Gasteiger partial charge in [0, 0.05) is 17.5 Å². The fourth-order valence-electron chi connectivity index (χ4n) is 4.84. The second-order valence-electron chi connectivity index (χ2n) is 8.65. The van der Waals surface area contributed by atoms with E-state index in [0.717, 1.165) is 23.6 Å². The Morgan fingerprint density at radius 3 is 2.83 bits per heavy atom. The van der Waals surface area contributed by atoms with Crippen LogP contribution in [0.5, 0.6) is 11.5 Å². The summed E-state index contributed by atoms with van der Waals surface area (Å²) in [4.78, 5) is 4.55. The largest absolute Gasteiger partial charge is 0.454 e. The van der Waals surface area contributed by atoms with E-state index in [1.54, 1.807) is 0 Å². The van der Waals surface area contributed by atoms with Gasteiger partial charge < -0.3 is 9.47 Å². The molecule has 1 aromatic carbocycles. The van der Waals surface area contributed by atoms with Gasteiger partial charge in [0.2, 0.25) is 16.8 Å². The van der Waals surface area contributed by atoms with E-state index in [0.29, 0.717) is 37.4 Å². The molecule has 2 aromatic rings. The third kappa shape index (κ3) is 5.13. The van der Waals surface area contributed by atoms with Gasteiger partial charge in [-0.3, -0.25) is 4.98 Å². The van der Waals surface area contributed by atoms with Gasteiger partial charge in [-0.25, -0.2) is 13.6 Å². The number of rotatable bonds is 8. The standard InChI is InChI=1S/C23H30N2O4S/c1-16(21-5-2-6-22-23(21)29-15-28-22)12-17-7-8-18(13-17)19-9-10-20(25-14-19)4-3-11-30(24,26)27/h2,5-6,9-10,14,16-18H,3-4,7-8,11-13,15H2,1H3,(H2,24,26,27)/t16-,17+,18+/m0/s1. The Bertz CT molecular complexity index is 975. The number of sulfonamides is 1. The molecule has 0 amide bonds. The van der Waals surface area contributed by atoms with Gasteiger partial charge in [-0.05, 0) is 74.0 Å². The lowest BCUT2D eigenvalue weighted by Crippen LogP contribution is -2.16. The smallest absolute Gasteiger partial charge is 0.231 e. The molecule has 2 N–H and O–H groups in total. The van der Waals surface area contributed by atoms with E-state index in [9.17, 15) is 8.42 Å². The third-order valence-corrected chi connectivity index (χ3v) is 7.22. The highest BCUT2D eigenvalue weighted by Crippen LogP contribution is 2.45. The van der Waals surface area contributed by atoms with Crippen LogP contribution in [0, 0.1) is 5.92 Å². The molecule has 1 aliphatic heterocycles. The molecule has 0 radical (unpaired) electrons. The van der Waals surface area contributed by atoms with Gasteiger partial charge in [0.05, 0.1) is 5.75 Å². The maximum Gasteiger partial charge on any atom is 0.231 e. The number of nitrogens with zero attached hydrogens (tertiary/aromatic N) is 1. The maximum atomic E-state index is 11.0. The number of aromatic nitrogens is 1. The molecule has 0 saturated heterocycles. The second kappa shape index (κ2) is 8.94. The van der Waals surface area contributed by atoms with Crippen LogP contribution in [0.1, 0.15) is 67.7 Å². The highest BCUT2D eigenvalue weighted by molar-refractivity contribution is 7.89. The molecule has 6 nitrogen and oxygen atoms in total. The Morgan fingerprint density at radius 1 is 1.20 bits per heavy atom. The van der Waals surface area contributed by atoms with Crippen molar-refractivity contribution in [3.05, 3.63) is 53.3 Å². The maximum absolute atomic E-state index is 11.0. The molecule has 2 heterocycles. The van der Waals surface area contributed by atoms with Gasteiger partial charge in [0.1, 0.15) is 0 Å². The van der Waals surface area contributed by atoms with Gasteiger partial charge in [-0.1, -0.05) is 25.1 Å². The Kier molecular flexibility index (Phi) is 6.29. The minimum atomic E-state index is -3.40. The fraction of sp³-hybridized carbons (Fsp3) is 0.522. The Labute approximate surface area is 178 Å². The predicted octanol–water partition coefficient (Wildman–Crippen LogP) is 4.11. The SMILES string of the molecule is C[C@@H](C[C@H]1CC[C@@H](c2ccc(CCCS(N)(=O)=O)nc2)C1)c1cccc2c1OCO2. The first kappa shape index (κ1) is 21.1. The van der Waals surface area contributed by atoms with Crippen LogP contribution in [-0.2, 0) is 16.4 Å². The molecular formula is C23H30N2O4S. The van der Waals surface area contributed by atoms with E-state index in [4.69, 9.17) is 14.6 Å². The molecule has 4 rings (SSSR count). The number of primary sulfonamides is 1. The number of para-hydroxylation sites is 1. The lowest BCUT2D eigenvalue weighted by molar-refractivity contribution is 0.173. The van der Waals surface area contributed by atoms with Crippen molar-refractivity contribution in [3.8, 4) is 11.5 Å². The summed E-state index contributed by atoms with van der Waals surface area (Å²) in [5.41, 5.74) is 3.46. The summed E-state index contributed by atoms with van der Waals surface area (Å²) < 4.78 is 33.3. The lowest BCUT2D eigenvalue weighted by Gasteiger charge is -2.19. The quantitative estimate of drug-likeness (QED) is 0.680. The minimum Gasteiger partial charge on any atom is -0.454 e. The number of pyridine rings is 1. The van der Waals surface area contributed by atoms with Crippen LogP contribution in [0.4, 0.5) is 0 Å². The molecule has 1 aromatic heterocycles. The van der Waals surface area contributed by atoms with Crippen molar-refractivity contribution >= 4 is 10.0 Å². The monoisotopic (exact) mass is 430 g/mol. The zero-order valence-electron chi connectivity index (χ0n) is 17.4. The van der Waals surface area contributed by atoms with Gasteiger partial charge in [-0.2, -0.15) is 0 Å². The molecule has 3 atom stereocenters. The normalized spacial score (nSPS) is 21.7. The number of ether oxygens (including phenoxy) is 2. The van der Waals surface area contributed by atoms with Crippen molar-refractivity contribution in [1.29, 1.82) is 0 Å². The van der Waals surface area contributed by atoms with Crippen LogP contribution < -0.4 is 14.6 Å². The summed E-state index contributed by atoms with van der Waals surface area (Å²) in [6, 6.07) is 10.4. The molecule has 162 valence electrons. The molecule has 0 unspecified atom stereocenters. The summed E-state index contributed by atoms with van der Waals surface area (Å²) in [6.07, 6.45) is 7.87. The summed E-state index contributed by atoms with van der Waals surface area (Å²) in [5.74, 6) is 3.46. The van der Waals surface area contributed by atoms with Crippen molar-refractivity contribution in [2.45, 2.75) is 57.3 Å². The Morgan fingerprint density at radius 2 is 2.07 bits per heavy atom. The molecule has 1 fully saturated rings. The number of fused-ring (bicyclic) bond motifs is 1. The van der Waals surface area contributed by atoms with E-state index < -0.39 is 10.0 Å². The third-order valence-electron chi connectivity index (χ3n) is 6.37. The first-order valence-electron chi connectivity index (χ1n) is 10.7.